The van der Waals surface area contributed by atoms with Gasteiger partial charge in [-0.25, -0.2) is 9.97 Å². The predicted molar refractivity (Wildman–Crippen MR) is 111 cm³/mol. The van der Waals surface area contributed by atoms with Gasteiger partial charge in [-0.15, -0.1) is 0 Å². The van der Waals surface area contributed by atoms with Crippen LogP contribution in [0.15, 0.2) is 55.0 Å². The van der Waals surface area contributed by atoms with Gasteiger partial charge in [-0.3, -0.25) is 10.1 Å². The molecule has 3 N–H and O–H groups in total. The minimum atomic E-state index is 0.337. The first-order valence-electron chi connectivity index (χ1n) is 9.18. The van der Waals surface area contributed by atoms with E-state index in [1.807, 2.05) is 42.7 Å². The lowest BCUT2D eigenvalue weighted by molar-refractivity contribution is 0.898. The topological polar surface area (TPSA) is 95.2 Å². The molecule has 0 radical (unpaired) electrons. The summed E-state index contributed by atoms with van der Waals surface area (Å²) in [6.07, 6.45) is 5.42. The van der Waals surface area contributed by atoms with Crippen LogP contribution in [0.25, 0.3) is 44.7 Å². The number of pyridine rings is 3. The van der Waals surface area contributed by atoms with E-state index in [4.69, 9.17) is 4.98 Å². The van der Waals surface area contributed by atoms with Gasteiger partial charge < -0.3 is 10.3 Å². The Balaban J connectivity index is 1.60. The second-order valence-corrected chi connectivity index (χ2v) is 7.05. The van der Waals surface area contributed by atoms with Crippen molar-refractivity contribution >= 4 is 27.8 Å². The SMILES string of the molecule is CC(C)Nc1cncc(-c2ccc3[nH]nc(-c4cc5cccnc5[nH]4)c3n2)c1. The standard InChI is InChI=1S/C21H19N7/c1-12(2)24-15-8-14(10-22-11-15)16-5-6-17-19(25-16)20(28-27-17)18-9-13-4-3-7-23-21(13)26-18/h3-12,24H,1-2H3,(H,23,26)(H,27,28). The highest BCUT2D eigenvalue weighted by Gasteiger charge is 2.14. The molecule has 0 aliphatic rings. The van der Waals surface area contributed by atoms with Crippen molar-refractivity contribution in [3.05, 3.63) is 55.0 Å². The largest absolute Gasteiger partial charge is 0.382 e. The molecular formula is C21H19N7. The maximum absolute atomic E-state index is 4.87. The summed E-state index contributed by atoms with van der Waals surface area (Å²) >= 11 is 0. The second-order valence-electron chi connectivity index (χ2n) is 7.05. The molecule has 0 saturated carbocycles. The van der Waals surface area contributed by atoms with E-state index in [1.165, 1.54) is 0 Å². The maximum atomic E-state index is 4.87. The molecule has 28 heavy (non-hydrogen) atoms. The molecule has 0 aliphatic carbocycles. The van der Waals surface area contributed by atoms with Gasteiger partial charge in [-0.2, -0.15) is 5.10 Å². The molecule has 5 rings (SSSR count). The third kappa shape index (κ3) is 2.87. The number of rotatable bonds is 4. The summed E-state index contributed by atoms with van der Waals surface area (Å²) in [6, 6.07) is 12.4. The average Bonchev–Trinajstić information content (AvgIpc) is 3.30. The first-order chi connectivity index (χ1) is 13.7. The van der Waals surface area contributed by atoms with Crippen molar-refractivity contribution in [1.29, 1.82) is 0 Å². The monoisotopic (exact) mass is 369 g/mol. The molecule has 7 heteroatoms. The van der Waals surface area contributed by atoms with Crippen molar-refractivity contribution < 1.29 is 0 Å². The normalized spacial score (nSPS) is 11.5. The van der Waals surface area contributed by atoms with Crippen LogP contribution >= 0.6 is 0 Å². The Kier molecular flexibility index (Phi) is 3.79. The number of anilines is 1. The number of hydrogen-bond acceptors (Lipinski definition) is 5. The summed E-state index contributed by atoms with van der Waals surface area (Å²) in [7, 11) is 0. The van der Waals surface area contributed by atoms with Crippen LogP contribution in [-0.2, 0) is 0 Å². The summed E-state index contributed by atoms with van der Waals surface area (Å²) < 4.78 is 0. The molecule has 5 aromatic rings. The van der Waals surface area contributed by atoms with Gasteiger partial charge in [-0.1, -0.05) is 0 Å². The fourth-order valence-electron chi connectivity index (χ4n) is 3.33. The summed E-state index contributed by atoms with van der Waals surface area (Å²) in [5.74, 6) is 0. The van der Waals surface area contributed by atoms with E-state index < -0.39 is 0 Å². The zero-order valence-electron chi connectivity index (χ0n) is 15.6. The molecular weight excluding hydrogens is 350 g/mol. The molecule has 0 amide bonds. The van der Waals surface area contributed by atoms with Gasteiger partial charge in [-0.05, 0) is 50.2 Å². The van der Waals surface area contributed by atoms with Gasteiger partial charge in [0.1, 0.15) is 16.9 Å². The van der Waals surface area contributed by atoms with Crippen molar-refractivity contribution in [2.45, 2.75) is 19.9 Å². The molecule has 0 aromatic carbocycles. The van der Waals surface area contributed by atoms with E-state index in [0.29, 0.717) is 6.04 Å². The van der Waals surface area contributed by atoms with Gasteiger partial charge in [0.2, 0.25) is 0 Å². The van der Waals surface area contributed by atoms with Crippen molar-refractivity contribution in [3.63, 3.8) is 0 Å². The summed E-state index contributed by atoms with van der Waals surface area (Å²) in [5.41, 5.74) is 6.98. The van der Waals surface area contributed by atoms with Crippen LogP contribution in [0.3, 0.4) is 0 Å². The first-order valence-corrected chi connectivity index (χ1v) is 9.18. The molecule has 0 fully saturated rings. The van der Waals surface area contributed by atoms with E-state index >= 15 is 0 Å². The van der Waals surface area contributed by atoms with E-state index in [1.54, 1.807) is 6.20 Å². The maximum Gasteiger partial charge on any atom is 0.137 e. The van der Waals surface area contributed by atoms with Crippen LogP contribution in [-0.4, -0.2) is 36.2 Å². The summed E-state index contributed by atoms with van der Waals surface area (Å²) in [6.45, 7) is 4.20. The number of nitrogens with one attached hydrogen (secondary N) is 3. The van der Waals surface area contributed by atoms with Crippen molar-refractivity contribution in [3.8, 4) is 22.6 Å². The third-order valence-corrected chi connectivity index (χ3v) is 4.54. The van der Waals surface area contributed by atoms with Crippen molar-refractivity contribution in [2.75, 3.05) is 5.32 Å². The van der Waals surface area contributed by atoms with Crippen molar-refractivity contribution in [2.24, 2.45) is 0 Å². The Morgan fingerprint density at radius 3 is 2.86 bits per heavy atom. The molecule has 0 atom stereocenters. The zero-order chi connectivity index (χ0) is 19.1. The van der Waals surface area contributed by atoms with Crippen LogP contribution in [0, 0.1) is 0 Å². The fourth-order valence-corrected chi connectivity index (χ4v) is 3.33. The molecule has 5 aromatic heterocycles. The van der Waals surface area contributed by atoms with E-state index in [2.05, 4.69) is 50.4 Å². The van der Waals surface area contributed by atoms with Gasteiger partial charge >= 0.3 is 0 Å². The highest BCUT2D eigenvalue weighted by molar-refractivity contribution is 5.93. The quantitative estimate of drug-likeness (QED) is 0.437. The number of fused-ring (bicyclic) bond motifs is 2. The Bertz CT molecular complexity index is 1250. The summed E-state index contributed by atoms with van der Waals surface area (Å²) in [4.78, 5) is 16.9. The van der Waals surface area contributed by atoms with Crippen molar-refractivity contribution in [1.82, 2.24) is 30.1 Å². The van der Waals surface area contributed by atoms with E-state index in [-0.39, 0.29) is 0 Å². The average molecular weight is 369 g/mol. The van der Waals surface area contributed by atoms with E-state index in [0.717, 1.165) is 50.4 Å². The van der Waals surface area contributed by atoms with Crippen LogP contribution in [0.4, 0.5) is 5.69 Å². The highest BCUT2D eigenvalue weighted by atomic mass is 15.1. The Hall–Kier alpha value is -3.74. The molecule has 0 bridgehead atoms. The third-order valence-electron chi connectivity index (χ3n) is 4.54. The molecule has 0 aliphatic heterocycles. The molecule has 0 unspecified atom stereocenters. The number of aromatic nitrogens is 6. The molecule has 7 nitrogen and oxygen atoms in total. The minimum absolute atomic E-state index is 0.337. The number of hydrogen-bond donors (Lipinski definition) is 3. The smallest absolute Gasteiger partial charge is 0.137 e. The molecule has 138 valence electrons. The predicted octanol–water partition coefficient (Wildman–Crippen LogP) is 4.38. The molecule has 5 heterocycles. The molecule has 0 spiro atoms. The van der Waals surface area contributed by atoms with Crippen LogP contribution in [0.2, 0.25) is 0 Å². The van der Waals surface area contributed by atoms with Crippen LogP contribution in [0.5, 0.6) is 0 Å². The first kappa shape index (κ1) is 16.4. The van der Waals surface area contributed by atoms with Gasteiger partial charge in [0.05, 0.1) is 22.6 Å². The van der Waals surface area contributed by atoms with Gasteiger partial charge in [0.15, 0.2) is 0 Å². The lowest BCUT2D eigenvalue weighted by atomic mass is 10.1. The fraction of sp³-hybridized carbons (Fsp3) is 0.143. The lowest BCUT2D eigenvalue weighted by Crippen LogP contribution is -2.09. The Morgan fingerprint density at radius 1 is 1.07 bits per heavy atom. The minimum Gasteiger partial charge on any atom is -0.382 e. The molecule has 0 saturated heterocycles. The van der Waals surface area contributed by atoms with E-state index in [9.17, 15) is 0 Å². The summed E-state index contributed by atoms with van der Waals surface area (Å²) in [5, 5.41) is 12.0. The van der Waals surface area contributed by atoms with Gasteiger partial charge in [0, 0.05) is 35.6 Å². The second kappa shape index (κ2) is 6.45. The van der Waals surface area contributed by atoms with Crippen LogP contribution in [0.1, 0.15) is 13.8 Å². The number of nitrogens with zero attached hydrogens (tertiary/aromatic N) is 4. The van der Waals surface area contributed by atoms with Gasteiger partial charge in [0.25, 0.3) is 0 Å². The lowest BCUT2D eigenvalue weighted by Gasteiger charge is -2.10. The Morgan fingerprint density at radius 2 is 2.00 bits per heavy atom. The Labute approximate surface area is 161 Å². The number of H-pyrrole nitrogens is 2. The highest BCUT2D eigenvalue weighted by Crippen LogP contribution is 2.29. The van der Waals surface area contributed by atoms with Crippen LogP contribution < -0.4 is 5.32 Å². The number of aromatic amines is 2. The zero-order valence-corrected chi connectivity index (χ0v) is 15.6.